The number of nitrogens with zero attached hydrogens (tertiary/aromatic N) is 1. The molecule has 0 aromatic heterocycles. The Bertz CT molecular complexity index is 249. The molecule has 1 unspecified atom stereocenters. The van der Waals surface area contributed by atoms with Crippen LogP contribution in [0.2, 0.25) is 0 Å². The molecule has 1 fully saturated rings. The van der Waals surface area contributed by atoms with Crippen molar-refractivity contribution in [1.82, 2.24) is 10.2 Å². The second kappa shape index (κ2) is 10.5. The lowest BCUT2D eigenvalue weighted by atomic mass is 9.86. The Kier molecular flexibility index (Phi) is 9.49. The van der Waals surface area contributed by atoms with Gasteiger partial charge in [0.25, 0.3) is 0 Å². The van der Waals surface area contributed by atoms with Crippen LogP contribution in [0.15, 0.2) is 0 Å². The van der Waals surface area contributed by atoms with E-state index in [-0.39, 0.29) is 0 Å². The van der Waals surface area contributed by atoms with Crippen LogP contribution in [0, 0.1) is 5.41 Å². The van der Waals surface area contributed by atoms with E-state index in [1.807, 2.05) is 0 Å². The molecule has 0 aliphatic heterocycles. The maximum atomic E-state index is 5.53. The quantitative estimate of drug-likeness (QED) is 0.500. The highest BCUT2D eigenvalue weighted by atomic mass is 16.5. The number of ether oxygens (including phenoxy) is 2. The molecular formula is C17H36N2O2. The van der Waals surface area contributed by atoms with Crippen molar-refractivity contribution in [2.75, 3.05) is 52.6 Å². The summed E-state index contributed by atoms with van der Waals surface area (Å²) in [5.74, 6) is 0. The van der Waals surface area contributed by atoms with E-state index >= 15 is 0 Å². The highest BCUT2D eigenvalue weighted by molar-refractivity contribution is 4.86. The van der Waals surface area contributed by atoms with Crippen LogP contribution < -0.4 is 5.32 Å². The summed E-state index contributed by atoms with van der Waals surface area (Å²) in [6.07, 6.45) is 3.92. The summed E-state index contributed by atoms with van der Waals surface area (Å²) in [6.45, 7) is 16.3. The lowest BCUT2D eigenvalue weighted by Gasteiger charge is -2.35. The molecule has 0 amide bonds. The highest BCUT2D eigenvalue weighted by Crippen LogP contribution is 2.25. The molecule has 1 aliphatic rings. The maximum absolute atomic E-state index is 5.53. The molecule has 21 heavy (non-hydrogen) atoms. The van der Waals surface area contributed by atoms with E-state index in [1.54, 1.807) is 0 Å². The molecule has 0 aromatic carbocycles. The number of hydrogen-bond acceptors (Lipinski definition) is 4. The Morgan fingerprint density at radius 2 is 1.62 bits per heavy atom. The van der Waals surface area contributed by atoms with Crippen LogP contribution in [0.1, 0.15) is 47.0 Å². The van der Waals surface area contributed by atoms with Crippen molar-refractivity contribution in [1.29, 1.82) is 0 Å². The molecule has 1 aliphatic carbocycles. The summed E-state index contributed by atoms with van der Waals surface area (Å²) >= 11 is 0. The van der Waals surface area contributed by atoms with Gasteiger partial charge in [0.15, 0.2) is 0 Å². The van der Waals surface area contributed by atoms with Crippen LogP contribution in [-0.2, 0) is 9.47 Å². The zero-order valence-electron chi connectivity index (χ0n) is 14.6. The number of nitrogens with one attached hydrogen (secondary N) is 1. The van der Waals surface area contributed by atoms with Crippen molar-refractivity contribution in [3.8, 4) is 0 Å². The van der Waals surface area contributed by atoms with Gasteiger partial charge in [-0.25, -0.2) is 0 Å². The van der Waals surface area contributed by atoms with E-state index in [0.29, 0.717) is 5.41 Å². The number of rotatable bonds is 14. The van der Waals surface area contributed by atoms with Crippen molar-refractivity contribution < 1.29 is 9.47 Å². The highest BCUT2D eigenvalue weighted by Gasteiger charge is 2.29. The standard InChI is InChI=1S/C17H36N2O2/c1-5-17(4,14-18-16-8-9-16)15-19(10-12-20-6-2)11-13-21-7-3/h16,18H,5-15H2,1-4H3. The van der Waals surface area contributed by atoms with Crippen molar-refractivity contribution in [3.63, 3.8) is 0 Å². The first kappa shape index (κ1) is 18.9. The topological polar surface area (TPSA) is 33.7 Å². The fourth-order valence-corrected chi connectivity index (χ4v) is 2.46. The van der Waals surface area contributed by atoms with Gasteiger partial charge in [-0.1, -0.05) is 13.8 Å². The summed E-state index contributed by atoms with van der Waals surface area (Å²) in [5.41, 5.74) is 0.334. The van der Waals surface area contributed by atoms with Crippen molar-refractivity contribution in [3.05, 3.63) is 0 Å². The molecule has 1 saturated carbocycles. The van der Waals surface area contributed by atoms with Gasteiger partial charge in [0.2, 0.25) is 0 Å². The first-order valence-corrected chi connectivity index (χ1v) is 8.74. The summed E-state index contributed by atoms with van der Waals surface area (Å²) in [4.78, 5) is 2.50. The second-order valence-corrected chi connectivity index (χ2v) is 6.49. The molecule has 0 aromatic rings. The smallest absolute Gasteiger partial charge is 0.0593 e. The Balaban J connectivity index is 2.39. The van der Waals surface area contributed by atoms with Crippen LogP contribution >= 0.6 is 0 Å². The number of hydrogen-bond donors (Lipinski definition) is 1. The first-order chi connectivity index (χ1) is 10.1. The van der Waals surface area contributed by atoms with Gasteiger partial charge in [-0.05, 0) is 38.5 Å². The molecule has 1 N–H and O–H groups in total. The molecule has 0 saturated heterocycles. The van der Waals surface area contributed by atoms with Crippen LogP contribution in [0.25, 0.3) is 0 Å². The minimum absolute atomic E-state index is 0.334. The van der Waals surface area contributed by atoms with E-state index in [2.05, 4.69) is 37.9 Å². The van der Waals surface area contributed by atoms with Gasteiger partial charge in [-0.15, -0.1) is 0 Å². The predicted molar refractivity (Wildman–Crippen MR) is 88.8 cm³/mol. The van der Waals surface area contributed by atoms with Crippen molar-refractivity contribution in [2.45, 2.75) is 53.0 Å². The Hall–Kier alpha value is -0.160. The average Bonchev–Trinajstić information content (AvgIpc) is 3.30. The Morgan fingerprint density at radius 1 is 1.05 bits per heavy atom. The second-order valence-electron chi connectivity index (χ2n) is 6.49. The van der Waals surface area contributed by atoms with Gasteiger partial charge < -0.3 is 14.8 Å². The Labute approximate surface area is 131 Å². The fourth-order valence-electron chi connectivity index (χ4n) is 2.46. The molecule has 0 heterocycles. The molecule has 0 spiro atoms. The van der Waals surface area contributed by atoms with Crippen LogP contribution in [0.5, 0.6) is 0 Å². The molecular weight excluding hydrogens is 264 g/mol. The van der Waals surface area contributed by atoms with E-state index in [9.17, 15) is 0 Å². The van der Waals surface area contributed by atoms with Crippen LogP contribution in [-0.4, -0.2) is 63.5 Å². The zero-order valence-corrected chi connectivity index (χ0v) is 14.6. The van der Waals surface area contributed by atoms with Gasteiger partial charge in [0.1, 0.15) is 0 Å². The van der Waals surface area contributed by atoms with Gasteiger partial charge in [-0.3, -0.25) is 4.90 Å². The maximum Gasteiger partial charge on any atom is 0.0593 e. The summed E-state index contributed by atoms with van der Waals surface area (Å²) in [5, 5.41) is 3.70. The third-order valence-electron chi connectivity index (χ3n) is 4.37. The largest absolute Gasteiger partial charge is 0.380 e. The average molecular weight is 300 g/mol. The van der Waals surface area contributed by atoms with E-state index in [4.69, 9.17) is 9.47 Å². The molecule has 1 rings (SSSR count). The third kappa shape index (κ3) is 8.77. The molecule has 1 atom stereocenters. The molecule has 4 heteroatoms. The van der Waals surface area contributed by atoms with Crippen molar-refractivity contribution >= 4 is 0 Å². The lowest BCUT2D eigenvalue weighted by molar-refractivity contribution is 0.0606. The van der Waals surface area contributed by atoms with E-state index in [1.165, 1.54) is 19.3 Å². The van der Waals surface area contributed by atoms with E-state index < -0.39 is 0 Å². The van der Waals surface area contributed by atoms with Gasteiger partial charge in [0.05, 0.1) is 13.2 Å². The minimum atomic E-state index is 0.334. The normalized spacial score (nSPS) is 18.1. The zero-order chi connectivity index (χ0) is 15.6. The lowest BCUT2D eigenvalue weighted by Crippen LogP contribution is -2.44. The minimum Gasteiger partial charge on any atom is -0.380 e. The van der Waals surface area contributed by atoms with Gasteiger partial charge >= 0.3 is 0 Å². The molecule has 0 radical (unpaired) electrons. The van der Waals surface area contributed by atoms with Crippen LogP contribution in [0.4, 0.5) is 0 Å². The SMILES string of the molecule is CCOCCN(CCOCC)CC(C)(CC)CNC1CC1. The first-order valence-electron chi connectivity index (χ1n) is 8.74. The van der Waals surface area contributed by atoms with E-state index in [0.717, 1.165) is 58.6 Å². The van der Waals surface area contributed by atoms with Gasteiger partial charge in [0, 0.05) is 45.4 Å². The molecule has 0 bridgehead atoms. The third-order valence-corrected chi connectivity index (χ3v) is 4.37. The molecule has 126 valence electrons. The van der Waals surface area contributed by atoms with Crippen molar-refractivity contribution in [2.24, 2.45) is 5.41 Å². The Morgan fingerprint density at radius 3 is 2.05 bits per heavy atom. The summed E-state index contributed by atoms with van der Waals surface area (Å²) < 4.78 is 11.1. The van der Waals surface area contributed by atoms with Gasteiger partial charge in [-0.2, -0.15) is 0 Å². The molecule has 4 nitrogen and oxygen atoms in total. The fraction of sp³-hybridized carbons (Fsp3) is 1.00. The summed E-state index contributed by atoms with van der Waals surface area (Å²) in [7, 11) is 0. The predicted octanol–water partition coefficient (Wildman–Crippen LogP) is 2.53. The summed E-state index contributed by atoms with van der Waals surface area (Å²) in [6, 6.07) is 0.788. The monoisotopic (exact) mass is 300 g/mol. The van der Waals surface area contributed by atoms with Crippen LogP contribution in [0.3, 0.4) is 0 Å².